The van der Waals surface area contributed by atoms with Crippen LogP contribution >= 0.6 is 24.0 Å². The minimum atomic E-state index is 0. The van der Waals surface area contributed by atoms with Crippen LogP contribution in [0.5, 0.6) is 5.75 Å². The first-order chi connectivity index (χ1) is 13.7. The molecule has 1 fully saturated rings. The number of benzene rings is 2. The zero-order valence-corrected chi connectivity index (χ0v) is 19.3. The summed E-state index contributed by atoms with van der Waals surface area (Å²) in [5, 5.41) is 3.16. The maximum Gasteiger partial charge on any atom is 0.193 e. The number of anilines is 1. The van der Waals surface area contributed by atoms with Gasteiger partial charge in [0.05, 0.1) is 26.4 Å². The Balaban J connectivity index is 0.00000300. The van der Waals surface area contributed by atoms with E-state index in [1.807, 2.05) is 30.3 Å². The van der Waals surface area contributed by atoms with E-state index in [0.717, 1.165) is 47.8 Å². The number of ether oxygens (including phenoxy) is 3. The van der Waals surface area contributed by atoms with Gasteiger partial charge in [0.25, 0.3) is 0 Å². The Morgan fingerprint density at radius 2 is 2.07 bits per heavy atom. The fraction of sp³-hybridized carbons (Fsp3) is 0.409. The Hall–Kier alpha value is -1.84. The molecule has 6 nitrogen and oxygen atoms in total. The summed E-state index contributed by atoms with van der Waals surface area (Å²) < 4.78 is 16.7. The summed E-state index contributed by atoms with van der Waals surface area (Å²) in [4.78, 5) is 4.50. The van der Waals surface area contributed by atoms with Crippen molar-refractivity contribution in [1.29, 1.82) is 0 Å². The molecule has 7 heteroatoms. The van der Waals surface area contributed by atoms with Gasteiger partial charge in [-0.25, -0.2) is 4.99 Å². The number of rotatable bonds is 8. The molecule has 0 bridgehead atoms. The van der Waals surface area contributed by atoms with E-state index in [1.54, 1.807) is 7.11 Å². The molecule has 2 aromatic carbocycles. The average molecular weight is 511 g/mol. The van der Waals surface area contributed by atoms with Crippen molar-refractivity contribution in [3.05, 3.63) is 59.2 Å². The van der Waals surface area contributed by atoms with Crippen LogP contribution in [0.3, 0.4) is 0 Å². The molecule has 29 heavy (non-hydrogen) atoms. The molecule has 0 amide bonds. The van der Waals surface area contributed by atoms with Gasteiger partial charge in [-0.2, -0.15) is 0 Å². The highest BCUT2D eigenvalue weighted by molar-refractivity contribution is 14.0. The first-order valence-electron chi connectivity index (χ1n) is 9.59. The molecule has 1 heterocycles. The van der Waals surface area contributed by atoms with Crippen molar-refractivity contribution >= 4 is 35.6 Å². The number of aryl methyl sites for hydroxylation is 1. The van der Waals surface area contributed by atoms with Crippen molar-refractivity contribution in [3.8, 4) is 5.75 Å². The van der Waals surface area contributed by atoms with Crippen LogP contribution in [0.4, 0.5) is 5.69 Å². The molecule has 0 spiro atoms. The van der Waals surface area contributed by atoms with Crippen LogP contribution in [0.2, 0.25) is 0 Å². The summed E-state index contributed by atoms with van der Waals surface area (Å²) in [7, 11) is 1.67. The minimum absolute atomic E-state index is 0. The molecule has 0 aliphatic carbocycles. The van der Waals surface area contributed by atoms with Gasteiger partial charge in [0.1, 0.15) is 5.75 Å². The van der Waals surface area contributed by atoms with E-state index in [9.17, 15) is 0 Å². The summed E-state index contributed by atoms with van der Waals surface area (Å²) in [6.45, 7) is 5.28. The van der Waals surface area contributed by atoms with Crippen molar-refractivity contribution in [2.75, 3.05) is 32.2 Å². The molecule has 0 aromatic heterocycles. The third-order valence-corrected chi connectivity index (χ3v) is 4.72. The number of hydrogen-bond donors (Lipinski definition) is 2. The highest BCUT2D eigenvalue weighted by atomic mass is 127. The van der Waals surface area contributed by atoms with Gasteiger partial charge in [0.15, 0.2) is 5.96 Å². The Bertz CT molecular complexity index is 808. The Morgan fingerprint density at radius 3 is 2.83 bits per heavy atom. The maximum atomic E-state index is 6.11. The number of nitrogens with zero attached hydrogens (tertiary/aromatic N) is 1. The molecule has 0 saturated carbocycles. The average Bonchev–Trinajstić information content (AvgIpc) is 3.21. The number of methoxy groups -OCH3 is 1. The third-order valence-electron chi connectivity index (χ3n) is 4.72. The van der Waals surface area contributed by atoms with Crippen LogP contribution in [-0.2, 0) is 22.6 Å². The lowest BCUT2D eigenvalue weighted by molar-refractivity contribution is 0.166. The van der Waals surface area contributed by atoms with Gasteiger partial charge in [-0.05, 0) is 31.0 Å². The van der Waals surface area contributed by atoms with E-state index in [4.69, 9.17) is 19.9 Å². The summed E-state index contributed by atoms with van der Waals surface area (Å²) in [5.41, 5.74) is 10.2. The fourth-order valence-corrected chi connectivity index (χ4v) is 3.12. The number of aliphatic imine (C=N–C) groups is 1. The summed E-state index contributed by atoms with van der Waals surface area (Å²) >= 11 is 0. The van der Waals surface area contributed by atoms with Gasteiger partial charge < -0.3 is 25.3 Å². The second kappa shape index (κ2) is 12.0. The van der Waals surface area contributed by atoms with E-state index >= 15 is 0 Å². The molecule has 0 radical (unpaired) electrons. The largest absolute Gasteiger partial charge is 0.493 e. The Labute approximate surface area is 189 Å². The van der Waals surface area contributed by atoms with E-state index in [-0.39, 0.29) is 24.0 Å². The molecule has 1 aliphatic rings. The fourth-order valence-electron chi connectivity index (χ4n) is 3.12. The van der Waals surface area contributed by atoms with Crippen LogP contribution in [0.25, 0.3) is 0 Å². The molecular weight excluding hydrogens is 481 g/mol. The van der Waals surface area contributed by atoms with Crippen LogP contribution in [0.1, 0.15) is 23.1 Å². The highest BCUT2D eigenvalue weighted by Gasteiger charge is 2.17. The standard InChI is InChI=1S/C22H29N3O3.HI/c1-16-7-8-18(21(11-16)28-14-17-9-10-27-13-17)12-24-22(23)25-20-6-4-3-5-19(20)15-26-2;/h3-8,11,17H,9-10,12-15H2,1-2H3,(H3,23,24,25);1H. The Kier molecular flexibility index (Phi) is 9.69. The van der Waals surface area contributed by atoms with Crippen LogP contribution < -0.4 is 15.8 Å². The number of hydrogen-bond acceptors (Lipinski definition) is 4. The van der Waals surface area contributed by atoms with Crippen LogP contribution in [0.15, 0.2) is 47.5 Å². The molecule has 158 valence electrons. The zero-order valence-electron chi connectivity index (χ0n) is 17.0. The first kappa shape index (κ1) is 23.4. The molecule has 1 atom stereocenters. The normalized spacial score (nSPS) is 16.3. The predicted octanol–water partition coefficient (Wildman–Crippen LogP) is 4.10. The zero-order chi connectivity index (χ0) is 19.8. The second-order valence-electron chi connectivity index (χ2n) is 7.07. The molecule has 3 rings (SSSR count). The van der Waals surface area contributed by atoms with Crippen molar-refractivity contribution < 1.29 is 14.2 Å². The van der Waals surface area contributed by atoms with Crippen molar-refractivity contribution in [1.82, 2.24) is 0 Å². The SMILES string of the molecule is COCc1ccccc1NC(N)=NCc1ccc(C)cc1OCC1CCOC1.I. The van der Waals surface area contributed by atoms with E-state index in [0.29, 0.717) is 31.6 Å². The Morgan fingerprint density at radius 1 is 1.24 bits per heavy atom. The number of nitrogens with two attached hydrogens (primary N) is 1. The molecule has 2 aromatic rings. The monoisotopic (exact) mass is 511 g/mol. The second-order valence-corrected chi connectivity index (χ2v) is 7.07. The van der Waals surface area contributed by atoms with E-state index < -0.39 is 0 Å². The van der Waals surface area contributed by atoms with Crippen LogP contribution in [-0.4, -0.2) is 32.9 Å². The molecule has 1 saturated heterocycles. The molecule has 1 unspecified atom stereocenters. The quantitative estimate of drug-likeness (QED) is 0.317. The predicted molar refractivity (Wildman–Crippen MR) is 127 cm³/mol. The van der Waals surface area contributed by atoms with Crippen molar-refractivity contribution in [2.45, 2.75) is 26.5 Å². The van der Waals surface area contributed by atoms with Gasteiger partial charge in [0, 0.05) is 36.4 Å². The molecular formula is C22H30IN3O3. The highest BCUT2D eigenvalue weighted by Crippen LogP contribution is 2.23. The van der Waals surface area contributed by atoms with E-state index in [1.165, 1.54) is 0 Å². The summed E-state index contributed by atoms with van der Waals surface area (Å²) in [6.07, 6.45) is 1.05. The third kappa shape index (κ3) is 7.17. The first-order valence-corrected chi connectivity index (χ1v) is 9.59. The summed E-state index contributed by atoms with van der Waals surface area (Å²) in [6, 6.07) is 14.0. The smallest absolute Gasteiger partial charge is 0.193 e. The lowest BCUT2D eigenvalue weighted by atomic mass is 10.1. The molecule has 3 N–H and O–H groups in total. The number of nitrogens with one attached hydrogen (secondary N) is 1. The lowest BCUT2D eigenvalue weighted by Gasteiger charge is -2.15. The van der Waals surface area contributed by atoms with Crippen LogP contribution in [0, 0.1) is 12.8 Å². The number of guanidine groups is 1. The number of para-hydroxylation sites is 1. The molecule has 1 aliphatic heterocycles. The topological polar surface area (TPSA) is 78.1 Å². The lowest BCUT2D eigenvalue weighted by Crippen LogP contribution is -2.23. The van der Waals surface area contributed by atoms with Gasteiger partial charge in [-0.1, -0.05) is 30.3 Å². The van der Waals surface area contributed by atoms with Gasteiger partial charge in [-0.15, -0.1) is 24.0 Å². The number of halogens is 1. The van der Waals surface area contributed by atoms with Gasteiger partial charge in [0.2, 0.25) is 0 Å². The summed E-state index contributed by atoms with van der Waals surface area (Å²) in [5.74, 6) is 1.68. The van der Waals surface area contributed by atoms with Gasteiger partial charge in [-0.3, -0.25) is 0 Å². The van der Waals surface area contributed by atoms with E-state index in [2.05, 4.69) is 29.4 Å². The maximum absolute atomic E-state index is 6.11. The van der Waals surface area contributed by atoms with Crippen molar-refractivity contribution in [2.24, 2.45) is 16.6 Å². The minimum Gasteiger partial charge on any atom is -0.493 e. The van der Waals surface area contributed by atoms with Gasteiger partial charge >= 0.3 is 0 Å². The van der Waals surface area contributed by atoms with Crippen molar-refractivity contribution in [3.63, 3.8) is 0 Å².